The van der Waals surface area contributed by atoms with Crippen LogP contribution in [0.4, 0.5) is 0 Å². The van der Waals surface area contributed by atoms with Gasteiger partial charge in [0.05, 0.1) is 0 Å². The third-order valence-corrected chi connectivity index (χ3v) is 3.64. The predicted molar refractivity (Wildman–Crippen MR) is 108 cm³/mol. The summed E-state index contributed by atoms with van der Waals surface area (Å²) in [5, 5.41) is 27.4. The molecule has 0 heterocycles. The van der Waals surface area contributed by atoms with Gasteiger partial charge in [0.2, 0.25) is 17.9 Å². The molecule has 0 aliphatic rings. The van der Waals surface area contributed by atoms with Gasteiger partial charge in [-0.3, -0.25) is 0 Å². The van der Waals surface area contributed by atoms with E-state index in [1.54, 1.807) is 0 Å². The van der Waals surface area contributed by atoms with E-state index in [0.29, 0.717) is 21.5 Å². The van der Waals surface area contributed by atoms with E-state index in [4.69, 9.17) is 34.4 Å². The van der Waals surface area contributed by atoms with Crippen LogP contribution in [-0.4, -0.2) is 17.9 Å². The van der Waals surface area contributed by atoms with Crippen molar-refractivity contribution >= 4 is 39.4 Å². The number of hydrogen-bond acceptors (Lipinski definition) is 6. The minimum absolute atomic E-state index is 0.203. The van der Waals surface area contributed by atoms with Crippen molar-refractivity contribution in [2.75, 3.05) is 0 Å². The van der Waals surface area contributed by atoms with Crippen LogP contribution >= 0.6 is 0 Å². The van der Waals surface area contributed by atoms with Gasteiger partial charge in [0.25, 0.3) is 0 Å². The topological polar surface area (TPSA) is 230 Å². The maximum atomic E-state index is 5.41. The molecule has 0 bridgehead atoms. The van der Waals surface area contributed by atoms with Gasteiger partial charge in [-0.1, -0.05) is 24.3 Å². The third-order valence-electron chi connectivity index (χ3n) is 3.64. The minimum atomic E-state index is -0.254. The van der Waals surface area contributed by atoms with Gasteiger partial charge in [0.1, 0.15) is 16.1 Å². The number of hydrogen-bond donors (Lipinski definition) is 6. The maximum Gasteiger partial charge on any atom is 0.211 e. The van der Waals surface area contributed by atoms with Crippen LogP contribution in [0.25, 0.3) is 21.5 Å². The average Bonchev–Trinajstić information content (AvgIpc) is 2.92. The molecule has 3 aromatic carbocycles. The van der Waals surface area contributed by atoms with E-state index in [2.05, 4.69) is 30.6 Å². The van der Waals surface area contributed by atoms with Crippen LogP contribution in [0, 0.1) is 0 Å². The Balaban J connectivity index is 2.63. The molecule has 0 aliphatic carbocycles. The van der Waals surface area contributed by atoms with E-state index >= 15 is 0 Å². The highest BCUT2D eigenvalue weighted by Gasteiger charge is 2.10. The zero-order valence-corrected chi connectivity index (χ0v) is 14.6. The van der Waals surface area contributed by atoms with E-state index in [1.165, 1.54) is 0 Å². The smallest absolute Gasteiger partial charge is 0.211 e. The van der Waals surface area contributed by atoms with Crippen LogP contribution in [0.15, 0.2) is 67.0 Å². The van der Waals surface area contributed by atoms with E-state index < -0.39 is 0 Å². The standard InChI is InChI=1S/C16H18N12/c17-14(18)26-23-11-9-5-7-3-1-2-4-8(7)6-10(9)12(24-27-15(19)20)13(11)25-28-16(21)22/h1-6H,(H4,17,18,26)(H4,19,20,27)(H4,21,22,28). The highest BCUT2D eigenvalue weighted by atomic mass is 15.3. The SMILES string of the molecule is NC(N)=NN=c1c(=NN=C(N)N)c2cc3ccccc3cc2c1=NN=C(N)N. The molecule has 12 N–H and O–H groups in total. The lowest BCUT2D eigenvalue weighted by Gasteiger charge is -1.97. The summed E-state index contributed by atoms with van der Waals surface area (Å²) < 4.78 is 0. The Morgan fingerprint density at radius 2 is 0.893 bits per heavy atom. The molecule has 0 fully saturated rings. The Hall–Kier alpha value is -4.48. The molecule has 0 radical (unpaired) electrons. The summed E-state index contributed by atoms with van der Waals surface area (Å²) in [6.07, 6.45) is 0. The fraction of sp³-hybridized carbons (Fsp3) is 0. The molecule has 0 saturated heterocycles. The molecule has 3 aromatic rings. The molecule has 3 rings (SSSR count). The lowest BCUT2D eigenvalue weighted by Crippen LogP contribution is -2.34. The van der Waals surface area contributed by atoms with Crippen LogP contribution in [-0.2, 0) is 0 Å². The number of guanidine groups is 3. The molecule has 0 aromatic heterocycles. The fourth-order valence-corrected chi connectivity index (χ4v) is 2.62. The molecule has 28 heavy (non-hydrogen) atoms. The summed E-state index contributed by atoms with van der Waals surface area (Å²) in [7, 11) is 0. The predicted octanol–water partition coefficient (Wildman–Crippen LogP) is -2.86. The van der Waals surface area contributed by atoms with Gasteiger partial charge in [-0.15, -0.1) is 30.6 Å². The Morgan fingerprint density at radius 1 is 0.536 bits per heavy atom. The Labute approximate surface area is 157 Å². The lowest BCUT2D eigenvalue weighted by atomic mass is 10.1. The quantitative estimate of drug-likeness (QED) is 0.159. The van der Waals surface area contributed by atoms with E-state index in [9.17, 15) is 0 Å². The summed E-state index contributed by atoms with van der Waals surface area (Å²) in [6.45, 7) is 0. The van der Waals surface area contributed by atoms with Crippen LogP contribution in [0.2, 0.25) is 0 Å². The van der Waals surface area contributed by atoms with Crippen molar-refractivity contribution in [2.45, 2.75) is 0 Å². The molecule has 12 nitrogen and oxygen atoms in total. The Kier molecular flexibility index (Phi) is 4.85. The molecule has 0 atom stereocenters. The zero-order chi connectivity index (χ0) is 20.3. The highest BCUT2D eigenvalue weighted by Crippen LogP contribution is 2.18. The molecular formula is C16H18N12. The monoisotopic (exact) mass is 378 g/mol. The maximum absolute atomic E-state index is 5.41. The molecule has 142 valence electrons. The second-order valence-electron chi connectivity index (χ2n) is 5.67. The second-order valence-corrected chi connectivity index (χ2v) is 5.67. The third kappa shape index (κ3) is 3.70. The molecule has 0 amide bonds. The normalized spacial score (nSPS) is 12.1. The highest BCUT2D eigenvalue weighted by molar-refractivity contribution is 5.98. The first-order valence-electron chi connectivity index (χ1n) is 7.91. The summed E-state index contributed by atoms with van der Waals surface area (Å²) in [4.78, 5) is 0. The molecule has 0 unspecified atom stereocenters. The second kappa shape index (κ2) is 7.41. The van der Waals surface area contributed by atoms with Crippen LogP contribution in [0.1, 0.15) is 0 Å². The van der Waals surface area contributed by atoms with Crippen molar-refractivity contribution in [1.82, 2.24) is 0 Å². The van der Waals surface area contributed by atoms with Gasteiger partial charge in [-0.25, -0.2) is 0 Å². The minimum Gasteiger partial charge on any atom is -0.369 e. The van der Waals surface area contributed by atoms with Gasteiger partial charge in [0, 0.05) is 10.8 Å². The number of fused-ring (bicyclic) bond motifs is 2. The Morgan fingerprint density at radius 3 is 1.25 bits per heavy atom. The average molecular weight is 378 g/mol. The van der Waals surface area contributed by atoms with Gasteiger partial charge < -0.3 is 34.4 Å². The van der Waals surface area contributed by atoms with E-state index in [1.807, 2.05) is 36.4 Å². The van der Waals surface area contributed by atoms with Gasteiger partial charge in [-0.2, -0.15) is 0 Å². The lowest BCUT2D eigenvalue weighted by molar-refractivity contribution is 1.02. The van der Waals surface area contributed by atoms with Crippen LogP contribution < -0.4 is 50.5 Å². The van der Waals surface area contributed by atoms with E-state index in [0.717, 1.165) is 10.8 Å². The first-order chi connectivity index (χ1) is 13.4. The first-order valence-corrected chi connectivity index (χ1v) is 7.91. The molecular weight excluding hydrogens is 360 g/mol. The Bertz CT molecular complexity index is 1220. The van der Waals surface area contributed by atoms with Crippen LogP contribution in [0.5, 0.6) is 0 Å². The number of benzene rings is 2. The summed E-state index contributed by atoms with van der Waals surface area (Å²) in [6, 6.07) is 11.5. The largest absolute Gasteiger partial charge is 0.369 e. The molecule has 0 aliphatic heterocycles. The number of nitrogens with two attached hydrogens (primary N) is 6. The van der Waals surface area contributed by atoms with Gasteiger partial charge in [-0.05, 0) is 22.9 Å². The molecule has 0 spiro atoms. The first kappa shape index (κ1) is 18.3. The number of rotatable bonds is 3. The zero-order valence-electron chi connectivity index (χ0n) is 14.6. The van der Waals surface area contributed by atoms with Crippen LogP contribution in [0.3, 0.4) is 0 Å². The van der Waals surface area contributed by atoms with Crippen molar-refractivity contribution in [3.63, 3.8) is 0 Å². The fourth-order valence-electron chi connectivity index (χ4n) is 2.62. The summed E-state index contributed by atoms with van der Waals surface area (Å²) >= 11 is 0. The number of nitrogens with zero attached hydrogens (tertiary/aromatic N) is 6. The van der Waals surface area contributed by atoms with Crippen molar-refractivity contribution in [1.29, 1.82) is 0 Å². The van der Waals surface area contributed by atoms with Gasteiger partial charge in [0.15, 0.2) is 0 Å². The van der Waals surface area contributed by atoms with Crippen molar-refractivity contribution < 1.29 is 0 Å². The summed E-state index contributed by atoms with van der Waals surface area (Å²) in [5.41, 5.74) is 32.4. The molecule has 12 heteroatoms. The van der Waals surface area contributed by atoms with Crippen molar-refractivity contribution in [2.24, 2.45) is 65.0 Å². The van der Waals surface area contributed by atoms with Crippen molar-refractivity contribution in [3.8, 4) is 0 Å². The van der Waals surface area contributed by atoms with E-state index in [-0.39, 0.29) is 23.2 Å². The summed E-state index contributed by atoms with van der Waals surface area (Å²) in [5.74, 6) is -0.715. The van der Waals surface area contributed by atoms with Crippen molar-refractivity contribution in [3.05, 3.63) is 52.5 Å². The molecule has 0 saturated carbocycles. The van der Waals surface area contributed by atoms with Gasteiger partial charge >= 0.3 is 0 Å².